The number of phenols is 3. The molecule has 0 aliphatic carbocycles. The normalized spacial score (nSPS) is 11.9. The second-order valence-corrected chi connectivity index (χ2v) is 14.2. The average molecular weight is 763 g/mol. The second-order valence-electron chi connectivity index (χ2n) is 14.2. The molecule has 0 saturated heterocycles. The van der Waals surface area contributed by atoms with Gasteiger partial charge in [-0.25, -0.2) is 9.97 Å². The molecule has 5 heterocycles. The van der Waals surface area contributed by atoms with Gasteiger partial charge in [0.2, 0.25) is 0 Å². The Balaban J connectivity index is 1.39. The maximum atomic E-state index is 10.8. The number of hydrogen-bond acceptors (Lipinski definition) is 7. The molecular weight excluding hydrogens is 725 g/mol. The minimum absolute atomic E-state index is 0.126. The van der Waals surface area contributed by atoms with Crippen LogP contribution in [-0.2, 0) is 4.79 Å². The molecule has 0 radical (unpaired) electrons. The number of H-pyrrole nitrogens is 2. The molecule has 5 N–H and O–H groups in total. The Hall–Kier alpha value is -7.65. The van der Waals surface area contributed by atoms with E-state index in [-0.39, 0.29) is 17.2 Å². The van der Waals surface area contributed by atoms with Gasteiger partial charge in [0.25, 0.3) is 0 Å². The molecule has 9 nitrogen and oxygen atoms in total. The first-order valence-corrected chi connectivity index (χ1v) is 19.1. The SMILES string of the molecule is O=CCCCCOc1cccc(-c2c3nc(c(-c4cccc(O)c4)c4ccc([nH]4)c(-c4cccc(O)c4)c4nc(c(-c5cccc(O)c5)c5ccc2[nH]5)C=C4)C=C3)c1. The number of carbonyl (C=O) groups is 1. The monoisotopic (exact) mass is 762 g/mol. The minimum Gasteiger partial charge on any atom is -0.508 e. The summed E-state index contributed by atoms with van der Waals surface area (Å²) in [5.74, 6) is 1.08. The molecule has 0 fully saturated rings. The van der Waals surface area contributed by atoms with Gasteiger partial charge in [-0.2, -0.15) is 0 Å². The molecule has 9 rings (SSSR count). The van der Waals surface area contributed by atoms with E-state index in [2.05, 4.69) is 9.97 Å². The number of aromatic nitrogens is 4. The van der Waals surface area contributed by atoms with Crippen molar-refractivity contribution < 1.29 is 24.9 Å². The quantitative estimate of drug-likeness (QED) is 0.0689. The lowest BCUT2D eigenvalue weighted by atomic mass is 10.0. The van der Waals surface area contributed by atoms with Gasteiger partial charge in [0.1, 0.15) is 29.3 Å². The van der Waals surface area contributed by atoms with Crippen molar-refractivity contribution in [3.05, 3.63) is 144 Å². The second kappa shape index (κ2) is 15.5. The van der Waals surface area contributed by atoms with Crippen molar-refractivity contribution in [3.63, 3.8) is 0 Å². The van der Waals surface area contributed by atoms with Crippen molar-refractivity contribution in [2.45, 2.75) is 19.3 Å². The highest BCUT2D eigenvalue weighted by Crippen LogP contribution is 2.40. The Kier molecular flexibility index (Phi) is 9.61. The highest BCUT2D eigenvalue weighted by Gasteiger charge is 2.19. The summed E-state index contributed by atoms with van der Waals surface area (Å²) in [4.78, 5) is 28.8. The van der Waals surface area contributed by atoms with E-state index < -0.39 is 0 Å². The van der Waals surface area contributed by atoms with Crippen molar-refractivity contribution in [1.29, 1.82) is 0 Å². The van der Waals surface area contributed by atoms with Crippen LogP contribution >= 0.6 is 0 Å². The summed E-state index contributed by atoms with van der Waals surface area (Å²) in [6.45, 7) is 0.486. The van der Waals surface area contributed by atoms with Crippen LogP contribution in [-0.4, -0.2) is 48.1 Å². The summed E-state index contributed by atoms with van der Waals surface area (Å²) in [6, 6.07) is 37.3. The molecule has 0 saturated carbocycles. The standard InChI is InChI=1S/C49H38N4O5/c54-24-2-1-3-25-58-37-15-7-11-33(29-37)49-44-22-20-42(52-44)47(31-9-5-13-35(56)27-31)40-18-16-38(50-40)46(30-8-4-12-34(55)26-30)39-17-19-41(51-39)48(43-21-23-45(49)53-43)32-10-6-14-36(57)28-32/h4-24,26-29,50,53,55-57H,1-3,25H2. The first kappa shape index (κ1) is 36.0. The fourth-order valence-electron chi connectivity index (χ4n) is 7.67. The molecule has 0 unspecified atom stereocenters. The van der Waals surface area contributed by atoms with Gasteiger partial charge in [-0.1, -0.05) is 48.5 Å². The van der Waals surface area contributed by atoms with Crippen LogP contribution < -0.4 is 4.74 Å². The van der Waals surface area contributed by atoms with Gasteiger partial charge in [0.15, 0.2) is 0 Å². The first-order valence-electron chi connectivity index (χ1n) is 19.1. The Morgan fingerprint density at radius 2 is 0.862 bits per heavy atom. The van der Waals surface area contributed by atoms with Crippen LogP contribution in [0.5, 0.6) is 23.0 Å². The lowest BCUT2D eigenvalue weighted by molar-refractivity contribution is -0.107. The first-order chi connectivity index (χ1) is 28.4. The van der Waals surface area contributed by atoms with E-state index in [9.17, 15) is 20.1 Å². The van der Waals surface area contributed by atoms with Gasteiger partial charge in [-0.15, -0.1) is 0 Å². The number of hydrogen-bond donors (Lipinski definition) is 5. The van der Waals surface area contributed by atoms with Crippen molar-refractivity contribution >= 4 is 52.7 Å². The van der Waals surface area contributed by atoms with Crippen LogP contribution in [0, 0.1) is 0 Å². The molecule has 7 aromatic rings. The van der Waals surface area contributed by atoms with Crippen LogP contribution in [0.1, 0.15) is 42.0 Å². The molecular formula is C49H38N4O5. The van der Waals surface area contributed by atoms with E-state index in [1.54, 1.807) is 42.5 Å². The molecule has 2 aliphatic rings. The van der Waals surface area contributed by atoms with Crippen LogP contribution in [0.2, 0.25) is 0 Å². The molecule has 9 heteroatoms. The molecule has 0 amide bonds. The molecule has 4 aromatic carbocycles. The molecule has 8 bridgehead atoms. The molecule has 58 heavy (non-hydrogen) atoms. The number of nitrogens with one attached hydrogen (secondary N) is 2. The Morgan fingerprint density at radius 3 is 1.24 bits per heavy atom. The van der Waals surface area contributed by atoms with Gasteiger partial charge in [-0.05, 0) is 132 Å². The number of fused-ring (bicyclic) bond motifs is 8. The fraction of sp³-hybridized carbons (Fsp3) is 0.0816. The maximum absolute atomic E-state index is 10.8. The Bertz CT molecular complexity index is 2910. The number of aromatic hydroxyl groups is 3. The summed E-state index contributed by atoms with van der Waals surface area (Å²) in [5.41, 5.74) is 12.2. The van der Waals surface area contributed by atoms with E-state index in [1.807, 2.05) is 103 Å². The van der Waals surface area contributed by atoms with Crippen molar-refractivity contribution in [3.8, 4) is 67.5 Å². The van der Waals surface area contributed by atoms with Crippen molar-refractivity contribution in [1.82, 2.24) is 19.9 Å². The highest BCUT2D eigenvalue weighted by atomic mass is 16.5. The number of phenolic OH excluding ortho intramolecular Hbond substituents is 3. The predicted octanol–water partition coefficient (Wildman–Crippen LogP) is 11.2. The summed E-state index contributed by atoms with van der Waals surface area (Å²) >= 11 is 0. The summed E-state index contributed by atoms with van der Waals surface area (Å²) in [5, 5.41) is 32.0. The van der Waals surface area contributed by atoms with E-state index in [0.717, 1.165) is 85.7 Å². The molecule has 3 aromatic heterocycles. The van der Waals surface area contributed by atoms with E-state index in [4.69, 9.17) is 14.7 Å². The van der Waals surface area contributed by atoms with Crippen LogP contribution in [0.15, 0.2) is 121 Å². The zero-order valence-corrected chi connectivity index (χ0v) is 31.3. The maximum Gasteiger partial charge on any atom is 0.119 e. The number of carbonyl (C=O) groups excluding carboxylic acids is 1. The number of aromatic amines is 2. The molecule has 0 spiro atoms. The molecule has 284 valence electrons. The number of rotatable bonds is 10. The predicted molar refractivity (Wildman–Crippen MR) is 231 cm³/mol. The van der Waals surface area contributed by atoms with E-state index in [1.165, 1.54) is 0 Å². The average Bonchev–Trinajstić information content (AvgIpc) is 4.06. The highest BCUT2D eigenvalue weighted by molar-refractivity contribution is 6.00. The number of unbranched alkanes of at least 4 members (excludes halogenated alkanes) is 2. The largest absolute Gasteiger partial charge is 0.508 e. The van der Waals surface area contributed by atoms with Gasteiger partial charge in [0, 0.05) is 50.7 Å². The summed E-state index contributed by atoms with van der Waals surface area (Å²) in [6.07, 6.45) is 10.9. The minimum atomic E-state index is 0.126. The number of aldehydes is 1. The Labute approximate surface area is 334 Å². The molecule has 0 atom stereocenters. The van der Waals surface area contributed by atoms with Gasteiger partial charge in [-0.3, -0.25) is 0 Å². The summed E-state index contributed by atoms with van der Waals surface area (Å²) in [7, 11) is 0. The van der Waals surface area contributed by atoms with Crippen LogP contribution in [0.3, 0.4) is 0 Å². The van der Waals surface area contributed by atoms with Gasteiger partial charge < -0.3 is 34.8 Å². The van der Waals surface area contributed by atoms with Gasteiger partial charge >= 0.3 is 0 Å². The van der Waals surface area contributed by atoms with E-state index in [0.29, 0.717) is 41.6 Å². The van der Waals surface area contributed by atoms with Gasteiger partial charge in [0.05, 0.1) is 29.4 Å². The molecule has 2 aliphatic heterocycles. The topological polar surface area (TPSA) is 144 Å². The zero-order valence-electron chi connectivity index (χ0n) is 31.3. The van der Waals surface area contributed by atoms with Crippen molar-refractivity contribution in [2.24, 2.45) is 0 Å². The number of benzene rings is 4. The third-order valence-corrected chi connectivity index (χ3v) is 10.3. The zero-order chi connectivity index (χ0) is 39.6. The smallest absolute Gasteiger partial charge is 0.119 e. The van der Waals surface area contributed by atoms with Crippen LogP contribution in [0.25, 0.3) is 90.9 Å². The lowest BCUT2D eigenvalue weighted by Gasteiger charge is -2.09. The summed E-state index contributed by atoms with van der Waals surface area (Å²) < 4.78 is 6.16. The third kappa shape index (κ3) is 7.12. The lowest BCUT2D eigenvalue weighted by Crippen LogP contribution is -1.97. The Morgan fingerprint density at radius 1 is 0.483 bits per heavy atom. The fourth-order valence-corrected chi connectivity index (χ4v) is 7.67. The third-order valence-electron chi connectivity index (χ3n) is 10.3. The number of ether oxygens (including phenoxy) is 1. The van der Waals surface area contributed by atoms with E-state index >= 15 is 0 Å². The van der Waals surface area contributed by atoms with Crippen LogP contribution in [0.4, 0.5) is 0 Å². The van der Waals surface area contributed by atoms with Crippen molar-refractivity contribution in [2.75, 3.05) is 6.61 Å². The number of nitrogens with zero attached hydrogens (tertiary/aromatic N) is 2.